The van der Waals surface area contributed by atoms with Crippen molar-refractivity contribution in [1.82, 2.24) is 10.2 Å². The number of carboxylic acid groups (broad SMARTS) is 1. The van der Waals surface area contributed by atoms with E-state index in [0.29, 0.717) is 12.3 Å². The Balaban J connectivity index is 1.18. The number of aliphatic carboxylic acids is 1. The molecule has 35 heavy (non-hydrogen) atoms. The van der Waals surface area contributed by atoms with Gasteiger partial charge in [0.05, 0.1) is 5.37 Å². The molecule has 2 unspecified atom stereocenters. The minimum atomic E-state index is -0.957. The van der Waals surface area contributed by atoms with E-state index in [2.05, 4.69) is 29.6 Å². The number of hydrogen-bond acceptors (Lipinski definition) is 5. The van der Waals surface area contributed by atoms with E-state index in [0.717, 1.165) is 30.4 Å². The first-order chi connectivity index (χ1) is 17.0. The summed E-state index contributed by atoms with van der Waals surface area (Å²) in [5, 5.41) is 12.2. The molecular weight excluding hydrogens is 464 g/mol. The number of alkyl carbamates (subject to hydrolysis) is 1. The van der Waals surface area contributed by atoms with Gasteiger partial charge < -0.3 is 20.1 Å². The van der Waals surface area contributed by atoms with Gasteiger partial charge in [-0.15, -0.1) is 11.8 Å². The van der Waals surface area contributed by atoms with Gasteiger partial charge >= 0.3 is 12.1 Å². The first-order valence-corrected chi connectivity index (χ1v) is 13.3. The summed E-state index contributed by atoms with van der Waals surface area (Å²) < 4.78 is 5.63. The average Bonchev–Trinajstić information content (AvgIpc) is 3.57. The first-order valence-electron chi connectivity index (χ1n) is 12.2. The van der Waals surface area contributed by atoms with Crippen molar-refractivity contribution in [3.63, 3.8) is 0 Å². The third kappa shape index (κ3) is 4.51. The number of hydrogen-bond donors (Lipinski definition) is 2. The zero-order valence-electron chi connectivity index (χ0n) is 19.7. The van der Waals surface area contributed by atoms with Gasteiger partial charge in [0.25, 0.3) is 0 Å². The number of benzene rings is 2. The fourth-order valence-electron chi connectivity index (χ4n) is 5.83. The highest BCUT2D eigenvalue weighted by atomic mass is 32.2. The Morgan fingerprint density at radius 3 is 2.37 bits per heavy atom. The van der Waals surface area contributed by atoms with E-state index in [1.807, 2.05) is 31.2 Å². The topological polar surface area (TPSA) is 95.9 Å². The van der Waals surface area contributed by atoms with Gasteiger partial charge in [-0.1, -0.05) is 55.0 Å². The number of thioether (sulfide) groups is 1. The summed E-state index contributed by atoms with van der Waals surface area (Å²) in [5.74, 6) is -0.941. The summed E-state index contributed by atoms with van der Waals surface area (Å²) in [6.07, 6.45) is 1.95. The molecule has 4 atom stereocenters. The van der Waals surface area contributed by atoms with Crippen molar-refractivity contribution in [1.29, 1.82) is 0 Å². The van der Waals surface area contributed by atoms with Crippen molar-refractivity contribution in [2.75, 3.05) is 18.9 Å². The Morgan fingerprint density at radius 1 is 1.06 bits per heavy atom. The van der Waals surface area contributed by atoms with E-state index in [-0.39, 0.29) is 35.6 Å². The van der Waals surface area contributed by atoms with Crippen LogP contribution in [0.25, 0.3) is 11.1 Å². The summed E-state index contributed by atoms with van der Waals surface area (Å²) in [6, 6.07) is 15.6. The normalized spacial score (nSPS) is 25.2. The van der Waals surface area contributed by atoms with E-state index in [4.69, 9.17) is 4.74 Å². The van der Waals surface area contributed by atoms with Crippen LogP contribution in [0.5, 0.6) is 0 Å². The lowest BCUT2D eigenvalue weighted by molar-refractivity contribution is -0.151. The Labute approximate surface area is 209 Å². The molecule has 3 aliphatic rings. The number of fused-ring (bicyclic) bond motifs is 3. The van der Waals surface area contributed by atoms with Crippen LogP contribution in [0.2, 0.25) is 0 Å². The fourth-order valence-corrected chi connectivity index (χ4v) is 7.00. The number of nitrogens with one attached hydrogen (secondary N) is 1. The van der Waals surface area contributed by atoms with E-state index in [9.17, 15) is 19.5 Å². The van der Waals surface area contributed by atoms with Crippen LogP contribution < -0.4 is 5.32 Å². The number of amides is 2. The second kappa shape index (κ2) is 9.93. The summed E-state index contributed by atoms with van der Waals surface area (Å²) in [6.45, 7) is 2.47. The molecule has 2 aromatic rings. The van der Waals surface area contributed by atoms with Gasteiger partial charge in [-0.3, -0.25) is 4.79 Å². The van der Waals surface area contributed by atoms with Gasteiger partial charge in [-0.2, -0.15) is 0 Å². The Kier molecular flexibility index (Phi) is 6.73. The number of carbonyl (C=O) groups is 3. The zero-order chi connectivity index (χ0) is 24.5. The lowest BCUT2D eigenvalue weighted by atomic mass is 9.94. The molecule has 2 aliphatic carbocycles. The molecule has 1 aliphatic heterocycles. The van der Waals surface area contributed by atoms with Gasteiger partial charge in [-0.25, -0.2) is 9.59 Å². The molecule has 184 valence electrons. The Bertz CT molecular complexity index is 1090. The minimum Gasteiger partial charge on any atom is -0.480 e. The second-order valence-corrected chi connectivity index (χ2v) is 10.9. The predicted molar refractivity (Wildman–Crippen MR) is 134 cm³/mol. The van der Waals surface area contributed by atoms with E-state index >= 15 is 0 Å². The lowest BCUT2D eigenvalue weighted by Crippen LogP contribution is -2.48. The maximum absolute atomic E-state index is 13.3. The molecule has 0 bridgehead atoms. The maximum atomic E-state index is 13.3. The smallest absolute Gasteiger partial charge is 0.407 e. The molecule has 1 heterocycles. The average molecular weight is 495 g/mol. The van der Waals surface area contributed by atoms with Crippen molar-refractivity contribution in [3.05, 3.63) is 59.7 Å². The largest absolute Gasteiger partial charge is 0.480 e. The molecular formula is C27H30N2O5S. The molecule has 1 saturated carbocycles. The number of carboxylic acids is 1. The maximum Gasteiger partial charge on any atom is 0.407 e. The highest BCUT2D eigenvalue weighted by Gasteiger charge is 2.44. The Hall–Kier alpha value is -3.00. The molecule has 8 heteroatoms. The molecule has 1 saturated heterocycles. The van der Waals surface area contributed by atoms with E-state index < -0.39 is 18.1 Å². The fraction of sp³-hybridized carbons (Fsp3) is 0.444. The van der Waals surface area contributed by atoms with Crippen LogP contribution in [0.3, 0.4) is 0 Å². The van der Waals surface area contributed by atoms with Crippen molar-refractivity contribution < 1.29 is 24.2 Å². The second-order valence-electron chi connectivity index (χ2n) is 9.54. The highest BCUT2D eigenvalue weighted by molar-refractivity contribution is 8.00. The van der Waals surface area contributed by atoms with Crippen LogP contribution >= 0.6 is 11.8 Å². The monoisotopic (exact) mass is 494 g/mol. The van der Waals surface area contributed by atoms with Crippen molar-refractivity contribution in [2.24, 2.45) is 11.8 Å². The quantitative estimate of drug-likeness (QED) is 0.621. The van der Waals surface area contributed by atoms with Crippen molar-refractivity contribution in [3.8, 4) is 11.1 Å². The SMILES string of the molecule is CC1SCC(C(=O)O)N1C(=O)[C@H]1CCC[C@H]1CNC(=O)OCC1c2ccccc2-c2ccccc21. The third-order valence-corrected chi connectivity index (χ3v) is 8.81. The van der Waals surface area contributed by atoms with Crippen molar-refractivity contribution in [2.45, 2.75) is 43.5 Å². The Morgan fingerprint density at radius 2 is 1.71 bits per heavy atom. The van der Waals surface area contributed by atoms with Crippen LogP contribution in [-0.4, -0.2) is 58.3 Å². The summed E-state index contributed by atoms with van der Waals surface area (Å²) >= 11 is 1.49. The molecule has 0 aromatic heterocycles. The molecule has 0 spiro atoms. The predicted octanol–water partition coefficient (Wildman–Crippen LogP) is 4.32. The minimum absolute atomic E-state index is 0.00365. The number of rotatable bonds is 6. The standard InChI is InChI=1S/C27H30N2O5S/c1-16-29(24(15-35-16)26(31)32)25(30)18-12-6-7-17(18)13-28-27(33)34-14-23-21-10-4-2-8-19(21)20-9-3-5-11-22(20)23/h2-5,8-11,16-18,23-24H,6-7,12-15H2,1H3,(H,28,33)(H,31,32)/t16?,17-,18-,24?/m0/s1. The summed E-state index contributed by atoms with van der Waals surface area (Å²) in [5.41, 5.74) is 4.68. The molecule has 2 amide bonds. The van der Waals surface area contributed by atoms with Gasteiger partial charge in [0.15, 0.2) is 0 Å². The highest BCUT2D eigenvalue weighted by Crippen LogP contribution is 2.44. The molecule has 0 radical (unpaired) electrons. The number of ether oxygens (including phenoxy) is 1. The lowest BCUT2D eigenvalue weighted by Gasteiger charge is -2.30. The summed E-state index contributed by atoms with van der Waals surface area (Å²) in [7, 11) is 0. The van der Waals surface area contributed by atoms with Crippen LogP contribution in [0.4, 0.5) is 4.79 Å². The first kappa shape index (κ1) is 23.7. The third-order valence-electron chi connectivity index (χ3n) is 7.59. The molecule has 2 fully saturated rings. The molecule has 2 aromatic carbocycles. The molecule has 2 N–H and O–H groups in total. The van der Waals surface area contributed by atoms with E-state index in [1.165, 1.54) is 27.8 Å². The molecule has 7 nitrogen and oxygen atoms in total. The summed E-state index contributed by atoms with van der Waals surface area (Å²) in [4.78, 5) is 39.0. The number of carbonyl (C=O) groups excluding carboxylic acids is 2. The van der Waals surface area contributed by atoms with Gasteiger partial charge in [0.1, 0.15) is 12.6 Å². The van der Waals surface area contributed by atoms with Crippen LogP contribution in [-0.2, 0) is 14.3 Å². The van der Waals surface area contributed by atoms with Crippen molar-refractivity contribution >= 4 is 29.7 Å². The van der Waals surface area contributed by atoms with Crippen LogP contribution in [0.1, 0.15) is 43.2 Å². The van der Waals surface area contributed by atoms with Crippen LogP contribution in [0, 0.1) is 11.8 Å². The van der Waals surface area contributed by atoms with Crippen LogP contribution in [0.15, 0.2) is 48.5 Å². The number of nitrogens with zero attached hydrogens (tertiary/aromatic N) is 1. The van der Waals surface area contributed by atoms with Gasteiger partial charge in [0.2, 0.25) is 5.91 Å². The zero-order valence-corrected chi connectivity index (χ0v) is 20.5. The van der Waals surface area contributed by atoms with Gasteiger partial charge in [-0.05, 0) is 47.9 Å². The van der Waals surface area contributed by atoms with Gasteiger partial charge in [0, 0.05) is 24.1 Å². The molecule has 5 rings (SSSR count). The van der Waals surface area contributed by atoms with E-state index in [1.54, 1.807) is 0 Å².